The summed E-state index contributed by atoms with van der Waals surface area (Å²) in [6.45, 7) is 3.63. The maximum absolute atomic E-state index is 13.2. The number of nitrogens with one attached hydrogen (secondary N) is 1. The van der Waals surface area contributed by atoms with Gasteiger partial charge in [-0.15, -0.1) is 0 Å². The molecule has 186 valence electrons. The molecule has 1 heterocycles. The van der Waals surface area contributed by atoms with Crippen molar-refractivity contribution in [2.75, 3.05) is 19.7 Å². The maximum Gasteiger partial charge on any atom is 0.410 e. The van der Waals surface area contributed by atoms with E-state index in [1.807, 2.05) is 55.5 Å². The first kappa shape index (κ1) is 24.1. The van der Waals surface area contributed by atoms with E-state index < -0.39 is 11.6 Å². The minimum atomic E-state index is -0.911. The van der Waals surface area contributed by atoms with Gasteiger partial charge < -0.3 is 15.8 Å². The molecular formula is C30H33N3O3. The third kappa shape index (κ3) is 4.49. The Morgan fingerprint density at radius 1 is 0.972 bits per heavy atom. The Morgan fingerprint density at radius 3 is 2.22 bits per heavy atom. The van der Waals surface area contributed by atoms with Crippen LogP contribution in [0.2, 0.25) is 0 Å². The van der Waals surface area contributed by atoms with Crippen molar-refractivity contribution in [2.45, 2.75) is 44.2 Å². The largest absolute Gasteiger partial charge is 0.448 e. The van der Waals surface area contributed by atoms with Gasteiger partial charge in [0.1, 0.15) is 12.1 Å². The van der Waals surface area contributed by atoms with Gasteiger partial charge in [-0.05, 0) is 59.6 Å². The van der Waals surface area contributed by atoms with Crippen molar-refractivity contribution in [3.63, 3.8) is 0 Å². The van der Waals surface area contributed by atoms with Crippen LogP contribution in [0.5, 0.6) is 0 Å². The number of rotatable bonds is 7. The van der Waals surface area contributed by atoms with Gasteiger partial charge in [0.25, 0.3) is 0 Å². The Bertz CT molecular complexity index is 1210. The molecule has 2 amide bonds. The molecule has 3 aromatic carbocycles. The predicted molar refractivity (Wildman–Crippen MR) is 140 cm³/mol. The van der Waals surface area contributed by atoms with Gasteiger partial charge in [-0.3, -0.25) is 9.69 Å². The van der Waals surface area contributed by atoms with Gasteiger partial charge in [-0.25, -0.2) is 4.79 Å². The monoisotopic (exact) mass is 483 g/mol. The van der Waals surface area contributed by atoms with E-state index in [0.29, 0.717) is 26.1 Å². The number of carbonyl (C=O) groups excluding carboxylic acids is 2. The molecule has 1 fully saturated rings. The van der Waals surface area contributed by atoms with Crippen LogP contribution in [-0.2, 0) is 22.5 Å². The van der Waals surface area contributed by atoms with E-state index in [1.165, 1.54) is 22.3 Å². The van der Waals surface area contributed by atoms with Gasteiger partial charge in [-0.1, -0.05) is 72.8 Å². The maximum atomic E-state index is 13.2. The molecule has 1 unspecified atom stereocenters. The molecule has 1 aliphatic heterocycles. The minimum Gasteiger partial charge on any atom is -0.448 e. The lowest BCUT2D eigenvalue weighted by atomic mass is 9.97. The number of fused-ring (bicyclic) bond motifs is 3. The van der Waals surface area contributed by atoms with Gasteiger partial charge in [-0.2, -0.15) is 0 Å². The van der Waals surface area contributed by atoms with Crippen molar-refractivity contribution in [3.8, 4) is 11.1 Å². The molecule has 2 aliphatic rings. The van der Waals surface area contributed by atoms with Crippen LogP contribution in [0, 0.1) is 0 Å². The Hall–Kier alpha value is -3.64. The third-order valence-corrected chi connectivity index (χ3v) is 7.64. The molecule has 3 aromatic rings. The molecule has 1 atom stereocenters. The molecule has 5 rings (SSSR count). The number of amides is 2. The van der Waals surface area contributed by atoms with Crippen molar-refractivity contribution in [2.24, 2.45) is 5.73 Å². The molecule has 3 N–H and O–H groups in total. The number of carbonyl (C=O) groups is 2. The molecule has 0 aromatic heterocycles. The summed E-state index contributed by atoms with van der Waals surface area (Å²) in [7, 11) is 0. The second-order valence-corrected chi connectivity index (χ2v) is 9.86. The Balaban J connectivity index is 1.21. The summed E-state index contributed by atoms with van der Waals surface area (Å²) < 4.78 is 5.86. The summed E-state index contributed by atoms with van der Waals surface area (Å²) in [5, 5.41) is 3.04. The highest BCUT2D eigenvalue weighted by molar-refractivity contribution is 5.90. The predicted octanol–water partition coefficient (Wildman–Crippen LogP) is 4.61. The lowest BCUT2D eigenvalue weighted by Gasteiger charge is -2.33. The number of hydrogen-bond acceptors (Lipinski definition) is 4. The van der Waals surface area contributed by atoms with Crippen LogP contribution in [0.25, 0.3) is 11.1 Å². The molecule has 0 spiro atoms. The highest BCUT2D eigenvalue weighted by Gasteiger charge is 2.46. The summed E-state index contributed by atoms with van der Waals surface area (Å²) in [6.07, 6.45) is 1.69. The van der Waals surface area contributed by atoms with Crippen molar-refractivity contribution in [1.82, 2.24) is 10.2 Å². The molecule has 1 saturated heterocycles. The van der Waals surface area contributed by atoms with Crippen molar-refractivity contribution >= 4 is 12.0 Å². The Labute approximate surface area is 212 Å². The summed E-state index contributed by atoms with van der Waals surface area (Å²) in [5.41, 5.74) is 11.7. The Kier molecular flexibility index (Phi) is 6.79. The normalized spacial score (nSPS) is 18.6. The SMILES string of the molecule is CC1(C(=O)NCCc2ccc(CN)cc2)CCCN1C(=O)OCC1c2ccccc2-c2ccccc21. The fourth-order valence-corrected chi connectivity index (χ4v) is 5.52. The van der Waals surface area contributed by atoms with Crippen LogP contribution in [-0.4, -0.2) is 42.1 Å². The number of likely N-dealkylation sites (tertiary alicyclic amines) is 1. The van der Waals surface area contributed by atoms with Crippen molar-refractivity contribution in [3.05, 3.63) is 95.1 Å². The highest BCUT2D eigenvalue weighted by Crippen LogP contribution is 2.44. The lowest BCUT2D eigenvalue weighted by Crippen LogP contribution is -2.55. The quantitative estimate of drug-likeness (QED) is 0.514. The van der Waals surface area contributed by atoms with E-state index in [9.17, 15) is 9.59 Å². The van der Waals surface area contributed by atoms with Crippen LogP contribution in [0.15, 0.2) is 72.8 Å². The van der Waals surface area contributed by atoms with Gasteiger partial charge in [0.2, 0.25) is 5.91 Å². The number of hydrogen-bond donors (Lipinski definition) is 2. The molecule has 6 heteroatoms. The van der Waals surface area contributed by atoms with E-state index in [2.05, 4.69) is 29.6 Å². The number of nitrogens with two attached hydrogens (primary N) is 1. The minimum absolute atomic E-state index is 0.00491. The van der Waals surface area contributed by atoms with E-state index in [-0.39, 0.29) is 18.4 Å². The molecule has 1 aliphatic carbocycles. The fourth-order valence-electron chi connectivity index (χ4n) is 5.52. The molecule has 36 heavy (non-hydrogen) atoms. The average Bonchev–Trinajstić information content (AvgIpc) is 3.46. The first-order valence-electron chi connectivity index (χ1n) is 12.7. The van der Waals surface area contributed by atoms with Crippen LogP contribution in [0.4, 0.5) is 4.79 Å². The molecule has 0 radical (unpaired) electrons. The summed E-state index contributed by atoms with van der Waals surface area (Å²) in [4.78, 5) is 28.0. The summed E-state index contributed by atoms with van der Waals surface area (Å²) in [5.74, 6) is -0.137. The molecule has 0 bridgehead atoms. The van der Waals surface area contributed by atoms with E-state index in [1.54, 1.807) is 4.90 Å². The van der Waals surface area contributed by atoms with Crippen LogP contribution in [0.3, 0.4) is 0 Å². The van der Waals surface area contributed by atoms with Gasteiger partial charge in [0.05, 0.1) is 0 Å². The zero-order valence-electron chi connectivity index (χ0n) is 20.7. The summed E-state index contributed by atoms with van der Waals surface area (Å²) >= 11 is 0. The average molecular weight is 484 g/mol. The van der Waals surface area contributed by atoms with Crippen LogP contribution >= 0.6 is 0 Å². The fraction of sp³-hybridized carbons (Fsp3) is 0.333. The number of ether oxygens (including phenoxy) is 1. The molecular weight excluding hydrogens is 450 g/mol. The first-order chi connectivity index (χ1) is 17.5. The van der Waals surface area contributed by atoms with Crippen LogP contribution in [0.1, 0.15) is 47.9 Å². The first-order valence-corrected chi connectivity index (χ1v) is 12.7. The second kappa shape index (κ2) is 10.2. The second-order valence-electron chi connectivity index (χ2n) is 9.86. The number of benzene rings is 3. The zero-order chi connectivity index (χ0) is 25.1. The van der Waals surface area contributed by atoms with E-state index >= 15 is 0 Å². The molecule has 6 nitrogen and oxygen atoms in total. The van der Waals surface area contributed by atoms with Crippen LogP contribution < -0.4 is 11.1 Å². The zero-order valence-corrected chi connectivity index (χ0v) is 20.7. The summed E-state index contributed by atoms with van der Waals surface area (Å²) in [6, 6.07) is 24.6. The highest BCUT2D eigenvalue weighted by atomic mass is 16.6. The lowest BCUT2D eigenvalue weighted by molar-refractivity contribution is -0.130. The van der Waals surface area contributed by atoms with Crippen molar-refractivity contribution < 1.29 is 14.3 Å². The van der Waals surface area contributed by atoms with E-state index in [4.69, 9.17) is 10.5 Å². The van der Waals surface area contributed by atoms with Gasteiger partial charge in [0, 0.05) is 25.6 Å². The smallest absolute Gasteiger partial charge is 0.410 e. The molecule has 0 saturated carbocycles. The third-order valence-electron chi connectivity index (χ3n) is 7.64. The number of nitrogens with zero attached hydrogens (tertiary/aromatic N) is 1. The van der Waals surface area contributed by atoms with Crippen molar-refractivity contribution in [1.29, 1.82) is 0 Å². The topological polar surface area (TPSA) is 84.7 Å². The van der Waals surface area contributed by atoms with Gasteiger partial charge >= 0.3 is 6.09 Å². The van der Waals surface area contributed by atoms with Gasteiger partial charge in [0.15, 0.2) is 0 Å². The standard InChI is InChI=1S/C30H33N3O3/c1-30(28(34)32-17-15-21-11-13-22(19-31)14-12-21)16-6-18-33(30)29(35)36-20-27-25-9-4-2-7-23(25)24-8-3-5-10-26(24)27/h2-5,7-14,27H,6,15-20,31H2,1H3,(H,32,34). The van der Waals surface area contributed by atoms with E-state index in [0.717, 1.165) is 24.0 Å². The Morgan fingerprint density at radius 2 is 1.58 bits per heavy atom.